The van der Waals surface area contributed by atoms with Crippen molar-refractivity contribution < 1.29 is 8.42 Å². The van der Waals surface area contributed by atoms with Crippen LogP contribution in [0.1, 0.15) is 13.3 Å². The molecule has 0 unspecified atom stereocenters. The molecule has 0 fully saturated rings. The summed E-state index contributed by atoms with van der Waals surface area (Å²) in [5.74, 6) is 0. The van der Waals surface area contributed by atoms with Gasteiger partial charge in [0.05, 0.1) is 6.26 Å². The minimum absolute atomic E-state index is 0.502. The minimum Gasteiger partial charge on any atom is -0.313 e. The molecule has 4 nitrogen and oxygen atoms in total. The second-order valence-corrected chi connectivity index (χ2v) is 4.63. The van der Waals surface area contributed by atoms with Crippen molar-refractivity contribution in [2.24, 2.45) is 0 Å². The van der Waals surface area contributed by atoms with Crippen molar-refractivity contribution in [2.45, 2.75) is 13.3 Å². The van der Waals surface area contributed by atoms with Crippen LogP contribution in [0.3, 0.4) is 0 Å². The zero-order valence-electron chi connectivity index (χ0n) is 8.21. The first-order valence-corrected chi connectivity index (χ1v) is 6.22. The Balaban J connectivity index is 3.18. The Hall–Kier alpha value is -0.390. The van der Waals surface area contributed by atoms with Crippen LogP contribution < -0.4 is 10.0 Å². The predicted molar refractivity (Wildman–Crippen MR) is 55.1 cm³/mol. The van der Waals surface area contributed by atoms with Crippen LogP contribution in [0, 0.1) is 0 Å². The van der Waals surface area contributed by atoms with Crippen molar-refractivity contribution in [3.05, 3.63) is 12.2 Å². The molecule has 78 valence electrons. The molecular weight excluding hydrogens is 188 g/mol. The monoisotopic (exact) mass is 206 g/mol. The molecule has 0 bridgehead atoms. The Labute approximate surface area is 80.5 Å². The third kappa shape index (κ3) is 11.6. The van der Waals surface area contributed by atoms with E-state index in [9.17, 15) is 8.42 Å². The highest BCUT2D eigenvalue weighted by molar-refractivity contribution is 7.88. The van der Waals surface area contributed by atoms with Gasteiger partial charge in [0, 0.05) is 13.1 Å². The molecule has 2 N–H and O–H groups in total. The molecule has 0 amide bonds. The van der Waals surface area contributed by atoms with Gasteiger partial charge in [-0.3, -0.25) is 0 Å². The maximum Gasteiger partial charge on any atom is 0.208 e. The molecule has 0 heterocycles. The summed E-state index contributed by atoms with van der Waals surface area (Å²) >= 11 is 0. The molecule has 0 saturated carbocycles. The molecule has 0 aliphatic heterocycles. The van der Waals surface area contributed by atoms with E-state index in [-0.39, 0.29) is 0 Å². The largest absolute Gasteiger partial charge is 0.313 e. The van der Waals surface area contributed by atoms with Crippen molar-refractivity contribution in [3.63, 3.8) is 0 Å². The lowest BCUT2D eigenvalue weighted by Gasteiger charge is -2.02. The number of hydrogen-bond acceptors (Lipinski definition) is 3. The summed E-state index contributed by atoms with van der Waals surface area (Å²) < 4.78 is 23.7. The third-order valence-electron chi connectivity index (χ3n) is 1.39. The van der Waals surface area contributed by atoms with Gasteiger partial charge in [0.15, 0.2) is 0 Å². The van der Waals surface area contributed by atoms with E-state index < -0.39 is 10.0 Å². The quantitative estimate of drug-likeness (QED) is 0.458. The van der Waals surface area contributed by atoms with Crippen molar-refractivity contribution in [2.75, 3.05) is 25.9 Å². The molecule has 0 aliphatic carbocycles. The van der Waals surface area contributed by atoms with Gasteiger partial charge in [-0.05, 0) is 19.9 Å². The molecule has 0 atom stereocenters. The summed E-state index contributed by atoms with van der Waals surface area (Å²) in [6.45, 7) is 4.14. The Morgan fingerprint density at radius 1 is 1.31 bits per heavy atom. The van der Waals surface area contributed by atoms with Crippen LogP contribution in [-0.4, -0.2) is 34.3 Å². The summed E-state index contributed by atoms with van der Waals surface area (Å²) in [4.78, 5) is 0. The van der Waals surface area contributed by atoms with Gasteiger partial charge in [0.1, 0.15) is 0 Å². The first-order chi connectivity index (χ1) is 6.06. The van der Waals surface area contributed by atoms with E-state index in [1.807, 2.05) is 19.1 Å². The SMILES string of the molecule is C/C=C/CNCCCNS(C)(=O)=O. The zero-order valence-corrected chi connectivity index (χ0v) is 9.02. The van der Waals surface area contributed by atoms with Crippen LogP contribution >= 0.6 is 0 Å². The van der Waals surface area contributed by atoms with E-state index in [0.717, 1.165) is 19.5 Å². The second kappa shape index (κ2) is 7.06. The molecule has 0 radical (unpaired) electrons. The van der Waals surface area contributed by atoms with Crippen molar-refractivity contribution in [3.8, 4) is 0 Å². The lowest BCUT2D eigenvalue weighted by atomic mass is 10.4. The summed E-state index contributed by atoms with van der Waals surface area (Å²) in [6, 6.07) is 0. The van der Waals surface area contributed by atoms with Crippen molar-refractivity contribution in [1.82, 2.24) is 10.0 Å². The fourth-order valence-corrected chi connectivity index (χ4v) is 1.29. The fourth-order valence-electron chi connectivity index (χ4n) is 0.774. The number of rotatable bonds is 7. The first kappa shape index (κ1) is 12.6. The van der Waals surface area contributed by atoms with Gasteiger partial charge >= 0.3 is 0 Å². The lowest BCUT2D eigenvalue weighted by molar-refractivity contribution is 0.582. The minimum atomic E-state index is -3.01. The van der Waals surface area contributed by atoms with Crippen LogP contribution in [-0.2, 0) is 10.0 Å². The Morgan fingerprint density at radius 3 is 2.54 bits per heavy atom. The summed E-state index contributed by atoms with van der Waals surface area (Å²) in [7, 11) is -3.01. The summed E-state index contributed by atoms with van der Waals surface area (Å²) in [5.41, 5.74) is 0. The van der Waals surface area contributed by atoms with Crippen molar-refractivity contribution in [1.29, 1.82) is 0 Å². The topological polar surface area (TPSA) is 58.2 Å². The van der Waals surface area contributed by atoms with E-state index in [1.165, 1.54) is 6.26 Å². The number of allylic oxidation sites excluding steroid dienone is 1. The summed E-state index contributed by atoms with van der Waals surface area (Å²) in [5, 5.41) is 3.15. The van der Waals surface area contributed by atoms with Gasteiger partial charge in [0.2, 0.25) is 10.0 Å². The van der Waals surface area contributed by atoms with E-state index in [1.54, 1.807) is 0 Å². The highest BCUT2D eigenvalue weighted by Crippen LogP contribution is 1.78. The van der Waals surface area contributed by atoms with Crippen LogP contribution in [0.2, 0.25) is 0 Å². The highest BCUT2D eigenvalue weighted by atomic mass is 32.2. The summed E-state index contributed by atoms with van der Waals surface area (Å²) in [6.07, 6.45) is 5.97. The second-order valence-electron chi connectivity index (χ2n) is 2.79. The fraction of sp³-hybridized carbons (Fsp3) is 0.750. The van der Waals surface area contributed by atoms with Gasteiger partial charge in [-0.2, -0.15) is 0 Å². The van der Waals surface area contributed by atoms with E-state index in [2.05, 4.69) is 10.0 Å². The molecule has 0 rings (SSSR count). The predicted octanol–water partition coefficient (Wildman–Crippen LogP) is 0.0914. The molecule has 0 aromatic carbocycles. The van der Waals surface area contributed by atoms with Crippen LogP contribution in [0.5, 0.6) is 0 Å². The van der Waals surface area contributed by atoms with Gasteiger partial charge < -0.3 is 5.32 Å². The van der Waals surface area contributed by atoms with Crippen LogP contribution in [0.15, 0.2) is 12.2 Å². The maximum atomic E-state index is 10.6. The molecule has 0 aliphatic rings. The number of nitrogens with one attached hydrogen (secondary N) is 2. The Bertz CT molecular complexity index is 235. The Kier molecular flexibility index (Phi) is 6.84. The van der Waals surface area contributed by atoms with Gasteiger partial charge in [0.25, 0.3) is 0 Å². The van der Waals surface area contributed by atoms with Crippen LogP contribution in [0.4, 0.5) is 0 Å². The van der Waals surface area contributed by atoms with Crippen molar-refractivity contribution >= 4 is 10.0 Å². The Morgan fingerprint density at radius 2 is 2.00 bits per heavy atom. The third-order valence-corrected chi connectivity index (χ3v) is 2.12. The van der Waals surface area contributed by atoms with Crippen LogP contribution in [0.25, 0.3) is 0 Å². The van der Waals surface area contributed by atoms with E-state index in [4.69, 9.17) is 0 Å². The average Bonchev–Trinajstić information content (AvgIpc) is 2.01. The first-order valence-electron chi connectivity index (χ1n) is 4.33. The number of hydrogen-bond donors (Lipinski definition) is 2. The smallest absolute Gasteiger partial charge is 0.208 e. The highest BCUT2D eigenvalue weighted by Gasteiger charge is 1.97. The normalized spacial score (nSPS) is 12.5. The zero-order chi connectivity index (χ0) is 10.2. The van der Waals surface area contributed by atoms with E-state index >= 15 is 0 Å². The molecule has 0 aromatic heterocycles. The molecule has 5 heteroatoms. The molecule has 0 saturated heterocycles. The number of sulfonamides is 1. The van der Waals surface area contributed by atoms with Gasteiger partial charge in [-0.15, -0.1) is 0 Å². The maximum absolute atomic E-state index is 10.6. The molecule has 0 aromatic rings. The molecule has 0 spiro atoms. The van der Waals surface area contributed by atoms with Gasteiger partial charge in [-0.25, -0.2) is 13.1 Å². The average molecular weight is 206 g/mol. The molecular formula is C8H18N2O2S. The van der Waals surface area contributed by atoms with Gasteiger partial charge in [-0.1, -0.05) is 12.2 Å². The lowest BCUT2D eigenvalue weighted by Crippen LogP contribution is -2.26. The van der Waals surface area contributed by atoms with E-state index in [0.29, 0.717) is 6.54 Å². The standard InChI is InChI=1S/C8H18N2O2S/c1-3-4-6-9-7-5-8-10-13(2,11)12/h3-4,9-10H,5-8H2,1-2H3/b4-3+. The molecule has 13 heavy (non-hydrogen) atoms.